The standard InChI is InChI=1S/C8H15N/c1-5-7-6(4-9-5)8(7,2)3/h5-7,9H,4H2,1-3H3/t5-,6?,7?/m1/s1. The molecule has 1 nitrogen and oxygen atoms in total. The molecule has 2 unspecified atom stereocenters. The highest BCUT2D eigenvalue weighted by molar-refractivity contribution is 5.13. The Bertz CT molecular complexity index is 140. The molecule has 1 saturated heterocycles. The predicted molar refractivity (Wildman–Crippen MR) is 38.2 cm³/mol. The molecule has 2 aliphatic rings. The first-order chi connectivity index (χ1) is 4.14. The van der Waals surface area contributed by atoms with E-state index in [1.807, 2.05) is 0 Å². The second kappa shape index (κ2) is 1.34. The molecule has 52 valence electrons. The van der Waals surface area contributed by atoms with E-state index in [0.717, 1.165) is 17.9 Å². The first kappa shape index (κ1) is 5.72. The van der Waals surface area contributed by atoms with Crippen LogP contribution >= 0.6 is 0 Å². The van der Waals surface area contributed by atoms with E-state index in [-0.39, 0.29) is 0 Å². The maximum Gasteiger partial charge on any atom is 0.00756 e. The van der Waals surface area contributed by atoms with Crippen LogP contribution in [0, 0.1) is 17.3 Å². The number of fused-ring (bicyclic) bond motifs is 1. The van der Waals surface area contributed by atoms with Crippen molar-refractivity contribution in [1.29, 1.82) is 0 Å². The first-order valence-electron chi connectivity index (χ1n) is 3.87. The summed E-state index contributed by atoms with van der Waals surface area (Å²) in [6, 6.07) is 0.782. The third-order valence-corrected chi connectivity index (χ3v) is 3.34. The summed E-state index contributed by atoms with van der Waals surface area (Å²) in [5.41, 5.74) is 0.671. The van der Waals surface area contributed by atoms with Gasteiger partial charge < -0.3 is 5.32 Å². The number of hydrogen-bond donors (Lipinski definition) is 1. The molecule has 1 saturated carbocycles. The van der Waals surface area contributed by atoms with Gasteiger partial charge in [-0.1, -0.05) is 13.8 Å². The highest BCUT2D eigenvalue weighted by Crippen LogP contribution is 2.62. The van der Waals surface area contributed by atoms with Gasteiger partial charge in [-0.2, -0.15) is 0 Å². The van der Waals surface area contributed by atoms with Crippen molar-refractivity contribution in [3.8, 4) is 0 Å². The topological polar surface area (TPSA) is 12.0 Å². The van der Waals surface area contributed by atoms with Crippen molar-refractivity contribution in [3.63, 3.8) is 0 Å². The van der Waals surface area contributed by atoms with Gasteiger partial charge in [0.1, 0.15) is 0 Å². The first-order valence-corrected chi connectivity index (χ1v) is 3.87. The molecule has 2 rings (SSSR count). The molecule has 0 aromatic heterocycles. The third kappa shape index (κ3) is 0.536. The van der Waals surface area contributed by atoms with Crippen LogP contribution in [-0.2, 0) is 0 Å². The molecule has 0 bridgehead atoms. The summed E-state index contributed by atoms with van der Waals surface area (Å²) in [5.74, 6) is 1.98. The molecule has 3 atom stereocenters. The van der Waals surface area contributed by atoms with Crippen molar-refractivity contribution in [3.05, 3.63) is 0 Å². The summed E-state index contributed by atoms with van der Waals surface area (Å²) in [6.45, 7) is 8.34. The van der Waals surface area contributed by atoms with E-state index in [9.17, 15) is 0 Å². The highest BCUT2D eigenvalue weighted by Gasteiger charge is 2.62. The Morgan fingerprint density at radius 2 is 2.11 bits per heavy atom. The van der Waals surface area contributed by atoms with Crippen LogP contribution in [0.25, 0.3) is 0 Å². The molecule has 1 aliphatic carbocycles. The van der Waals surface area contributed by atoms with E-state index in [1.54, 1.807) is 0 Å². The van der Waals surface area contributed by atoms with Crippen molar-refractivity contribution in [2.75, 3.05) is 6.54 Å². The second-order valence-electron chi connectivity index (χ2n) is 4.15. The van der Waals surface area contributed by atoms with Crippen molar-refractivity contribution in [1.82, 2.24) is 5.32 Å². The minimum atomic E-state index is 0.671. The lowest BCUT2D eigenvalue weighted by molar-refractivity contribution is 0.418. The molecule has 1 heteroatoms. The summed E-state index contributed by atoms with van der Waals surface area (Å²) in [7, 11) is 0. The molecule has 0 amide bonds. The number of nitrogens with one attached hydrogen (secondary N) is 1. The van der Waals surface area contributed by atoms with Gasteiger partial charge in [0, 0.05) is 6.04 Å². The average Bonchev–Trinajstić information content (AvgIpc) is 2.19. The SMILES string of the molecule is C[C@H]1NCC2C1C2(C)C. The van der Waals surface area contributed by atoms with Crippen LogP contribution in [0.5, 0.6) is 0 Å². The highest BCUT2D eigenvalue weighted by atomic mass is 15.0. The van der Waals surface area contributed by atoms with Gasteiger partial charge >= 0.3 is 0 Å². The van der Waals surface area contributed by atoms with Gasteiger partial charge in [-0.25, -0.2) is 0 Å². The van der Waals surface area contributed by atoms with Crippen LogP contribution in [0.2, 0.25) is 0 Å². The number of rotatable bonds is 0. The minimum absolute atomic E-state index is 0.671. The lowest BCUT2D eigenvalue weighted by Gasteiger charge is -2.13. The average molecular weight is 125 g/mol. The maximum absolute atomic E-state index is 3.47. The Morgan fingerprint density at radius 3 is 2.33 bits per heavy atom. The molecule has 1 N–H and O–H groups in total. The van der Waals surface area contributed by atoms with Crippen molar-refractivity contribution >= 4 is 0 Å². The molecular formula is C8H15N. The third-order valence-electron chi connectivity index (χ3n) is 3.34. The normalized spacial score (nSPS) is 53.0. The van der Waals surface area contributed by atoms with E-state index in [0.29, 0.717) is 5.41 Å². The smallest absolute Gasteiger partial charge is 0.00756 e. The minimum Gasteiger partial charge on any atom is -0.314 e. The van der Waals surface area contributed by atoms with Crippen molar-refractivity contribution < 1.29 is 0 Å². The molecule has 0 spiro atoms. The van der Waals surface area contributed by atoms with Gasteiger partial charge in [0.15, 0.2) is 0 Å². The lowest BCUT2D eigenvalue weighted by atomic mass is 10.0. The molecule has 1 aliphatic heterocycles. The van der Waals surface area contributed by atoms with Crippen LogP contribution in [-0.4, -0.2) is 12.6 Å². The quantitative estimate of drug-likeness (QED) is 0.514. The molecule has 0 radical (unpaired) electrons. The monoisotopic (exact) mass is 125 g/mol. The molecule has 2 fully saturated rings. The summed E-state index contributed by atoms with van der Waals surface area (Å²) in [4.78, 5) is 0. The predicted octanol–water partition coefficient (Wildman–Crippen LogP) is 1.25. The summed E-state index contributed by atoms with van der Waals surface area (Å²) in [6.07, 6.45) is 0. The summed E-state index contributed by atoms with van der Waals surface area (Å²) in [5, 5.41) is 3.47. The fourth-order valence-electron chi connectivity index (χ4n) is 2.61. The van der Waals surface area contributed by atoms with E-state index >= 15 is 0 Å². The lowest BCUT2D eigenvalue weighted by Crippen LogP contribution is -2.27. The van der Waals surface area contributed by atoms with Crippen LogP contribution in [0.15, 0.2) is 0 Å². The Hall–Kier alpha value is -0.0400. The Labute approximate surface area is 56.8 Å². The molecule has 0 aromatic carbocycles. The van der Waals surface area contributed by atoms with Crippen LogP contribution in [0.1, 0.15) is 20.8 Å². The Morgan fingerprint density at radius 1 is 1.44 bits per heavy atom. The van der Waals surface area contributed by atoms with E-state index in [4.69, 9.17) is 0 Å². The second-order valence-corrected chi connectivity index (χ2v) is 4.15. The summed E-state index contributed by atoms with van der Waals surface area (Å²) < 4.78 is 0. The van der Waals surface area contributed by atoms with Gasteiger partial charge in [0.2, 0.25) is 0 Å². The molecule has 9 heavy (non-hydrogen) atoms. The van der Waals surface area contributed by atoms with E-state index < -0.39 is 0 Å². The zero-order valence-electron chi connectivity index (χ0n) is 6.44. The van der Waals surface area contributed by atoms with E-state index in [2.05, 4.69) is 26.1 Å². The summed E-state index contributed by atoms with van der Waals surface area (Å²) >= 11 is 0. The van der Waals surface area contributed by atoms with Crippen LogP contribution < -0.4 is 5.32 Å². The zero-order chi connectivity index (χ0) is 6.65. The van der Waals surface area contributed by atoms with Gasteiger partial charge in [0.25, 0.3) is 0 Å². The van der Waals surface area contributed by atoms with Gasteiger partial charge in [0.05, 0.1) is 0 Å². The van der Waals surface area contributed by atoms with Crippen molar-refractivity contribution in [2.45, 2.75) is 26.8 Å². The van der Waals surface area contributed by atoms with Crippen LogP contribution in [0.3, 0.4) is 0 Å². The number of hydrogen-bond acceptors (Lipinski definition) is 1. The van der Waals surface area contributed by atoms with E-state index in [1.165, 1.54) is 6.54 Å². The largest absolute Gasteiger partial charge is 0.314 e. The van der Waals surface area contributed by atoms with Crippen LogP contribution in [0.4, 0.5) is 0 Å². The van der Waals surface area contributed by atoms with Gasteiger partial charge in [-0.15, -0.1) is 0 Å². The fraction of sp³-hybridized carbons (Fsp3) is 1.00. The number of piperidine rings is 1. The van der Waals surface area contributed by atoms with Crippen molar-refractivity contribution in [2.24, 2.45) is 17.3 Å². The molecule has 1 heterocycles. The Kier molecular flexibility index (Phi) is 0.852. The van der Waals surface area contributed by atoms with Gasteiger partial charge in [-0.3, -0.25) is 0 Å². The fourth-order valence-corrected chi connectivity index (χ4v) is 2.61. The van der Waals surface area contributed by atoms with Gasteiger partial charge in [-0.05, 0) is 30.7 Å². The maximum atomic E-state index is 3.47. The Balaban J connectivity index is 2.14. The zero-order valence-corrected chi connectivity index (χ0v) is 6.44. The molecule has 0 aromatic rings. The molecular weight excluding hydrogens is 110 g/mol.